The molecule has 122 valence electrons. The highest BCUT2D eigenvalue weighted by Crippen LogP contribution is 2.16. The molecule has 1 saturated heterocycles. The Balaban J connectivity index is 1.75. The largest absolute Gasteiger partial charge is 0.497 e. The lowest BCUT2D eigenvalue weighted by atomic mass is 10.00. The lowest BCUT2D eigenvalue weighted by Gasteiger charge is -2.32. The molecule has 0 aliphatic carbocycles. The topological polar surface area (TPSA) is 53.6 Å². The zero-order chi connectivity index (χ0) is 15.9. The van der Waals surface area contributed by atoms with E-state index in [0.29, 0.717) is 0 Å². The smallest absolute Gasteiger partial charge is 0.319 e. The Hall–Kier alpha value is -1.75. The first kappa shape index (κ1) is 16.6. The quantitative estimate of drug-likeness (QED) is 0.879. The Morgan fingerprint density at radius 3 is 2.77 bits per heavy atom. The van der Waals surface area contributed by atoms with Crippen LogP contribution in [0.5, 0.6) is 5.75 Å². The Bertz CT molecular complexity index is 475. The van der Waals surface area contributed by atoms with Crippen molar-refractivity contribution in [1.82, 2.24) is 10.2 Å². The number of benzene rings is 1. The lowest BCUT2D eigenvalue weighted by Crippen LogP contribution is -2.46. The molecule has 0 radical (unpaired) electrons. The number of piperidine rings is 1. The molecule has 1 aromatic rings. The molecule has 0 unspecified atom stereocenters. The number of likely N-dealkylation sites (tertiary alicyclic amines) is 1. The van der Waals surface area contributed by atoms with E-state index < -0.39 is 0 Å². The molecule has 1 aromatic carbocycles. The van der Waals surface area contributed by atoms with Crippen LogP contribution in [-0.4, -0.2) is 43.7 Å². The SMILES string of the molecule is COc1ccc(NC(=O)N[C@H](C)CN2CCC[C@H](C)C2)cc1. The second kappa shape index (κ2) is 8.03. The van der Waals surface area contributed by atoms with Crippen molar-refractivity contribution in [3.8, 4) is 5.75 Å². The first-order valence-electron chi connectivity index (χ1n) is 8.00. The number of anilines is 1. The molecule has 0 aromatic heterocycles. The summed E-state index contributed by atoms with van der Waals surface area (Å²) < 4.78 is 5.10. The summed E-state index contributed by atoms with van der Waals surface area (Å²) in [6.45, 7) is 7.51. The number of carbonyl (C=O) groups excluding carboxylic acids is 1. The van der Waals surface area contributed by atoms with Gasteiger partial charge >= 0.3 is 6.03 Å². The van der Waals surface area contributed by atoms with Crippen molar-refractivity contribution in [2.75, 3.05) is 32.1 Å². The van der Waals surface area contributed by atoms with Crippen molar-refractivity contribution in [3.05, 3.63) is 24.3 Å². The van der Waals surface area contributed by atoms with Crippen molar-refractivity contribution < 1.29 is 9.53 Å². The van der Waals surface area contributed by atoms with Gasteiger partial charge in [-0.1, -0.05) is 6.92 Å². The van der Waals surface area contributed by atoms with E-state index in [1.807, 2.05) is 31.2 Å². The number of hydrogen-bond donors (Lipinski definition) is 2. The predicted molar refractivity (Wildman–Crippen MR) is 89.4 cm³/mol. The number of nitrogens with one attached hydrogen (secondary N) is 2. The van der Waals surface area contributed by atoms with Gasteiger partial charge in [0.1, 0.15) is 5.75 Å². The van der Waals surface area contributed by atoms with Gasteiger partial charge in [0, 0.05) is 24.8 Å². The van der Waals surface area contributed by atoms with Crippen LogP contribution in [0, 0.1) is 5.92 Å². The van der Waals surface area contributed by atoms with E-state index in [4.69, 9.17) is 4.74 Å². The molecule has 2 N–H and O–H groups in total. The van der Waals surface area contributed by atoms with Crippen molar-refractivity contribution in [1.29, 1.82) is 0 Å². The van der Waals surface area contributed by atoms with E-state index in [9.17, 15) is 4.79 Å². The molecule has 1 heterocycles. The highest BCUT2D eigenvalue weighted by Gasteiger charge is 2.18. The number of carbonyl (C=O) groups is 1. The summed E-state index contributed by atoms with van der Waals surface area (Å²) in [6, 6.07) is 7.28. The first-order chi connectivity index (χ1) is 10.6. The summed E-state index contributed by atoms with van der Waals surface area (Å²) in [5.74, 6) is 1.53. The molecule has 0 saturated carbocycles. The van der Waals surface area contributed by atoms with Gasteiger partial charge in [-0.25, -0.2) is 4.79 Å². The van der Waals surface area contributed by atoms with Crippen LogP contribution in [0.15, 0.2) is 24.3 Å². The average molecular weight is 305 g/mol. The number of urea groups is 1. The minimum Gasteiger partial charge on any atom is -0.497 e. The van der Waals surface area contributed by atoms with E-state index in [1.165, 1.54) is 12.8 Å². The third-order valence-electron chi connectivity index (χ3n) is 4.00. The van der Waals surface area contributed by atoms with Crippen LogP contribution < -0.4 is 15.4 Å². The zero-order valence-electron chi connectivity index (χ0n) is 13.8. The molecule has 2 atom stereocenters. The van der Waals surface area contributed by atoms with Crippen LogP contribution >= 0.6 is 0 Å². The maximum Gasteiger partial charge on any atom is 0.319 e. The number of rotatable bonds is 5. The lowest BCUT2D eigenvalue weighted by molar-refractivity contribution is 0.170. The predicted octanol–water partition coefficient (Wildman–Crippen LogP) is 2.94. The fourth-order valence-corrected chi connectivity index (χ4v) is 2.95. The molecule has 2 rings (SSSR count). The second-order valence-corrected chi connectivity index (χ2v) is 6.23. The minimum absolute atomic E-state index is 0.128. The average Bonchev–Trinajstić information content (AvgIpc) is 2.47. The van der Waals surface area contributed by atoms with Crippen LogP contribution in [0.25, 0.3) is 0 Å². The third-order valence-corrected chi connectivity index (χ3v) is 4.00. The molecule has 1 fully saturated rings. The summed E-state index contributed by atoms with van der Waals surface area (Å²) in [4.78, 5) is 14.4. The summed E-state index contributed by atoms with van der Waals surface area (Å²) in [5.41, 5.74) is 0.761. The second-order valence-electron chi connectivity index (χ2n) is 6.23. The van der Waals surface area contributed by atoms with Crippen molar-refractivity contribution in [2.45, 2.75) is 32.7 Å². The number of nitrogens with zero attached hydrogens (tertiary/aromatic N) is 1. The number of hydrogen-bond acceptors (Lipinski definition) is 3. The van der Waals surface area contributed by atoms with Crippen molar-refractivity contribution >= 4 is 11.7 Å². The van der Waals surface area contributed by atoms with E-state index in [2.05, 4.69) is 22.5 Å². The van der Waals surface area contributed by atoms with Gasteiger partial charge in [0.25, 0.3) is 0 Å². The number of amides is 2. The Labute approximate surface area is 133 Å². The van der Waals surface area contributed by atoms with Crippen LogP contribution in [0.3, 0.4) is 0 Å². The minimum atomic E-state index is -0.164. The molecule has 5 heteroatoms. The van der Waals surface area contributed by atoms with Gasteiger partial charge in [0.15, 0.2) is 0 Å². The van der Waals surface area contributed by atoms with Crippen LogP contribution in [0.1, 0.15) is 26.7 Å². The van der Waals surface area contributed by atoms with Gasteiger partial charge in [-0.3, -0.25) is 0 Å². The molecule has 1 aliphatic heterocycles. The highest BCUT2D eigenvalue weighted by molar-refractivity contribution is 5.89. The van der Waals surface area contributed by atoms with Crippen LogP contribution in [0.2, 0.25) is 0 Å². The molecular formula is C17H27N3O2. The van der Waals surface area contributed by atoms with Gasteiger partial charge in [-0.2, -0.15) is 0 Å². The highest BCUT2D eigenvalue weighted by atomic mass is 16.5. The van der Waals surface area contributed by atoms with E-state index in [1.54, 1.807) is 7.11 Å². The van der Waals surface area contributed by atoms with Crippen LogP contribution in [0.4, 0.5) is 10.5 Å². The van der Waals surface area contributed by atoms with Gasteiger partial charge in [0.2, 0.25) is 0 Å². The molecule has 22 heavy (non-hydrogen) atoms. The zero-order valence-corrected chi connectivity index (χ0v) is 13.8. The number of ether oxygens (including phenoxy) is 1. The maximum atomic E-state index is 12.0. The van der Waals surface area contributed by atoms with E-state index in [-0.39, 0.29) is 12.1 Å². The molecule has 0 bridgehead atoms. The summed E-state index contributed by atoms with van der Waals surface area (Å²) >= 11 is 0. The fraction of sp³-hybridized carbons (Fsp3) is 0.588. The van der Waals surface area contributed by atoms with Crippen molar-refractivity contribution in [3.63, 3.8) is 0 Å². The summed E-state index contributed by atoms with van der Waals surface area (Å²) in [6.07, 6.45) is 2.57. The normalized spacial score (nSPS) is 20.2. The van der Waals surface area contributed by atoms with Gasteiger partial charge in [0.05, 0.1) is 7.11 Å². The molecule has 0 spiro atoms. The fourth-order valence-electron chi connectivity index (χ4n) is 2.95. The van der Waals surface area contributed by atoms with Crippen LogP contribution in [-0.2, 0) is 0 Å². The molecule has 5 nitrogen and oxygen atoms in total. The van der Waals surface area contributed by atoms with Crippen molar-refractivity contribution in [2.24, 2.45) is 5.92 Å². The maximum absolute atomic E-state index is 12.0. The Kier molecular flexibility index (Phi) is 6.07. The van der Waals surface area contributed by atoms with Gasteiger partial charge < -0.3 is 20.3 Å². The molecule has 2 amide bonds. The van der Waals surface area contributed by atoms with E-state index >= 15 is 0 Å². The Morgan fingerprint density at radius 1 is 1.41 bits per heavy atom. The first-order valence-corrected chi connectivity index (χ1v) is 8.00. The summed E-state index contributed by atoms with van der Waals surface area (Å²) in [5, 5.41) is 5.84. The molecular weight excluding hydrogens is 278 g/mol. The van der Waals surface area contributed by atoms with E-state index in [0.717, 1.165) is 37.0 Å². The van der Waals surface area contributed by atoms with Gasteiger partial charge in [-0.15, -0.1) is 0 Å². The van der Waals surface area contributed by atoms with Gasteiger partial charge in [-0.05, 0) is 56.5 Å². The molecule has 1 aliphatic rings. The third kappa shape index (κ3) is 5.22. The summed E-state index contributed by atoms with van der Waals surface area (Å²) in [7, 11) is 1.62. The monoisotopic (exact) mass is 305 g/mol. The standard InChI is InChI=1S/C17H27N3O2/c1-13-5-4-10-20(11-13)12-14(2)18-17(21)19-15-6-8-16(22-3)9-7-15/h6-9,13-14H,4-5,10-12H2,1-3H3,(H2,18,19,21)/t13-,14+/m0/s1. The Morgan fingerprint density at radius 2 is 2.14 bits per heavy atom. The number of methoxy groups -OCH3 is 1.